The number of aryl methyl sites for hydroxylation is 1. The molecule has 0 atom stereocenters. The Balaban J connectivity index is 1.61. The van der Waals surface area contributed by atoms with Gasteiger partial charge in [0.25, 0.3) is 0 Å². The molecule has 0 bridgehead atoms. The number of aromatic hydroxyl groups is 1. The average molecular weight is 348 g/mol. The van der Waals surface area contributed by atoms with E-state index in [0.717, 1.165) is 22.3 Å². The van der Waals surface area contributed by atoms with Gasteiger partial charge in [0.05, 0.1) is 0 Å². The van der Waals surface area contributed by atoms with E-state index in [9.17, 15) is 5.11 Å². The fraction of sp³-hybridized carbons (Fsp3) is 0.154. The van der Waals surface area contributed by atoms with Gasteiger partial charge in [0.15, 0.2) is 0 Å². The maximum Gasteiger partial charge on any atom is 0.115 e. The summed E-state index contributed by atoms with van der Waals surface area (Å²) in [7, 11) is 0. The minimum Gasteiger partial charge on any atom is -0.508 e. The van der Waals surface area contributed by atoms with Crippen LogP contribution in [-0.4, -0.2) is 5.11 Å². The number of phenols is 1. The third-order valence-corrected chi connectivity index (χ3v) is 4.68. The summed E-state index contributed by atoms with van der Waals surface area (Å²) in [4.78, 5) is 0. The van der Waals surface area contributed by atoms with Crippen LogP contribution in [0.1, 0.15) is 52.1 Å². The van der Waals surface area contributed by atoms with E-state index < -0.39 is 0 Å². The van der Waals surface area contributed by atoms with Crippen LogP contribution >= 0.6 is 0 Å². The molecule has 3 aromatic carbocycles. The lowest BCUT2D eigenvalue weighted by atomic mass is 10.00. The summed E-state index contributed by atoms with van der Waals surface area (Å²) in [5.41, 5.74) is 6.59. The molecule has 130 valence electrons. The molecule has 4 rings (SSSR count). The lowest BCUT2D eigenvalue weighted by Gasteiger charge is -2.03. The molecule has 0 aliphatic heterocycles. The van der Waals surface area contributed by atoms with Gasteiger partial charge in [0.2, 0.25) is 0 Å². The molecule has 1 N–H and O–H groups in total. The highest BCUT2D eigenvalue weighted by molar-refractivity contribution is 5.53. The number of benzene rings is 3. The normalized spacial score (nSPS) is 12.5. The lowest BCUT2D eigenvalue weighted by Crippen LogP contribution is -1.89. The van der Waals surface area contributed by atoms with E-state index in [1.165, 1.54) is 24.0 Å². The Hall–Kier alpha value is -3.42. The summed E-state index contributed by atoms with van der Waals surface area (Å²) in [6.45, 7) is 2.08. The highest BCUT2D eigenvalue weighted by Gasteiger charge is 2.25. The molecule has 0 saturated heterocycles. The summed E-state index contributed by atoms with van der Waals surface area (Å²) < 4.78 is 0. The van der Waals surface area contributed by atoms with Crippen LogP contribution < -0.4 is 0 Å². The van der Waals surface area contributed by atoms with E-state index in [0.29, 0.717) is 5.92 Å². The smallest absolute Gasteiger partial charge is 0.115 e. The van der Waals surface area contributed by atoms with Crippen molar-refractivity contribution in [2.75, 3.05) is 0 Å². The van der Waals surface area contributed by atoms with Crippen molar-refractivity contribution in [3.8, 4) is 29.4 Å². The largest absolute Gasteiger partial charge is 0.508 e. The van der Waals surface area contributed by atoms with Crippen molar-refractivity contribution in [3.05, 3.63) is 100 Å². The van der Waals surface area contributed by atoms with Crippen LogP contribution in [0.2, 0.25) is 0 Å². The van der Waals surface area contributed by atoms with E-state index in [2.05, 4.69) is 67.0 Å². The van der Waals surface area contributed by atoms with Gasteiger partial charge in [-0.3, -0.25) is 0 Å². The van der Waals surface area contributed by atoms with Crippen LogP contribution in [0.15, 0.2) is 66.7 Å². The molecular weight excluding hydrogens is 328 g/mol. The third-order valence-electron chi connectivity index (χ3n) is 4.68. The minimum atomic E-state index is 0.260. The van der Waals surface area contributed by atoms with E-state index in [-0.39, 0.29) is 5.75 Å². The van der Waals surface area contributed by atoms with E-state index in [1.54, 1.807) is 12.1 Å². The van der Waals surface area contributed by atoms with Crippen LogP contribution in [0.4, 0.5) is 0 Å². The van der Waals surface area contributed by atoms with Crippen LogP contribution in [0.5, 0.6) is 5.75 Å². The predicted octanol–water partition coefficient (Wildman–Crippen LogP) is 5.38. The van der Waals surface area contributed by atoms with E-state index in [1.807, 2.05) is 18.2 Å². The summed E-state index contributed by atoms with van der Waals surface area (Å²) in [6, 6.07) is 21.6. The number of phenolic OH excluding ortho intramolecular Hbond substituents is 1. The van der Waals surface area contributed by atoms with Crippen LogP contribution in [0.25, 0.3) is 0 Å². The predicted molar refractivity (Wildman–Crippen MR) is 110 cm³/mol. The first-order valence-electron chi connectivity index (χ1n) is 9.21. The summed E-state index contributed by atoms with van der Waals surface area (Å²) in [5.74, 6) is 13.9. The van der Waals surface area contributed by atoms with Gasteiger partial charge in [-0.1, -0.05) is 41.4 Å². The standard InChI is InChI=1S/C26H20O/c1-19-2-4-20(5-3-19)6-7-22-9-13-23(26(18-22)24-14-15-24)12-8-21-10-16-25(27)17-11-21/h2-5,9-11,13,16-18,24,27H,14-15H2,1H3. The highest BCUT2D eigenvalue weighted by Crippen LogP contribution is 2.41. The van der Waals surface area contributed by atoms with E-state index in [4.69, 9.17) is 0 Å². The molecule has 1 nitrogen and oxygen atoms in total. The van der Waals surface area contributed by atoms with Crippen molar-refractivity contribution >= 4 is 0 Å². The molecule has 1 fully saturated rings. The van der Waals surface area contributed by atoms with Gasteiger partial charge in [-0.05, 0) is 85.8 Å². The molecule has 0 amide bonds. The van der Waals surface area contributed by atoms with Crippen molar-refractivity contribution in [3.63, 3.8) is 0 Å². The second-order valence-electron chi connectivity index (χ2n) is 6.99. The van der Waals surface area contributed by atoms with Gasteiger partial charge in [-0.2, -0.15) is 0 Å². The first kappa shape index (κ1) is 17.0. The summed E-state index contributed by atoms with van der Waals surface area (Å²) in [5, 5.41) is 9.38. The Kier molecular flexibility index (Phi) is 4.69. The van der Waals surface area contributed by atoms with Crippen molar-refractivity contribution in [1.82, 2.24) is 0 Å². The molecule has 1 aliphatic carbocycles. The highest BCUT2D eigenvalue weighted by atomic mass is 16.3. The molecule has 1 aliphatic rings. The summed E-state index contributed by atoms with van der Waals surface area (Å²) in [6.07, 6.45) is 2.45. The third kappa shape index (κ3) is 4.41. The Morgan fingerprint density at radius 2 is 1.26 bits per heavy atom. The maximum atomic E-state index is 9.38. The van der Waals surface area contributed by atoms with Crippen LogP contribution in [0.3, 0.4) is 0 Å². The molecule has 27 heavy (non-hydrogen) atoms. The first-order valence-corrected chi connectivity index (χ1v) is 9.21. The fourth-order valence-corrected chi connectivity index (χ4v) is 2.95. The van der Waals surface area contributed by atoms with Crippen LogP contribution in [-0.2, 0) is 0 Å². The molecule has 1 saturated carbocycles. The van der Waals surface area contributed by atoms with Gasteiger partial charge >= 0.3 is 0 Å². The quantitative estimate of drug-likeness (QED) is 0.586. The molecule has 1 heteroatoms. The molecule has 0 aromatic heterocycles. The molecule has 3 aromatic rings. The zero-order valence-electron chi connectivity index (χ0n) is 15.3. The molecule has 0 radical (unpaired) electrons. The molecular formula is C26H20O. The lowest BCUT2D eigenvalue weighted by molar-refractivity contribution is 0.475. The SMILES string of the molecule is Cc1ccc(C#Cc2ccc(C#Cc3ccc(O)cc3)c(C3CC3)c2)cc1. The van der Waals surface area contributed by atoms with E-state index >= 15 is 0 Å². The Labute approximate surface area is 160 Å². The minimum absolute atomic E-state index is 0.260. The topological polar surface area (TPSA) is 20.2 Å². The zero-order valence-corrected chi connectivity index (χ0v) is 15.3. The Morgan fingerprint density at radius 3 is 1.93 bits per heavy atom. The second kappa shape index (κ2) is 7.45. The Bertz CT molecular complexity index is 1080. The van der Waals surface area contributed by atoms with Gasteiger partial charge in [0, 0.05) is 22.3 Å². The first-order chi connectivity index (χ1) is 13.2. The maximum absolute atomic E-state index is 9.38. The number of rotatable bonds is 1. The monoisotopic (exact) mass is 348 g/mol. The molecule has 0 heterocycles. The van der Waals surface area contributed by atoms with Crippen molar-refractivity contribution < 1.29 is 5.11 Å². The second-order valence-corrected chi connectivity index (χ2v) is 6.99. The molecule has 0 unspecified atom stereocenters. The number of hydrogen-bond acceptors (Lipinski definition) is 1. The van der Waals surface area contributed by atoms with Gasteiger partial charge in [-0.25, -0.2) is 0 Å². The fourth-order valence-electron chi connectivity index (χ4n) is 2.95. The average Bonchev–Trinajstić information content (AvgIpc) is 3.53. The zero-order chi connectivity index (χ0) is 18.6. The van der Waals surface area contributed by atoms with Crippen LogP contribution in [0, 0.1) is 30.6 Å². The molecule has 0 spiro atoms. The Morgan fingerprint density at radius 1 is 0.704 bits per heavy atom. The van der Waals surface area contributed by atoms with Gasteiger partial charge in [0.1, 0.15) is 5.75 Å². The van der Waals surface area contributed by atoms with Crippen molar-refractivity contribution in [2.45, 2.75) is 25.7 Å². The van der Waals surface area contributed by atoms with Gasteiger partial charge in [-0.15, -0.1) is 0 Å². The van der Waals surface area contributed by atoms with Crippen molar-refractivity contribution in [2.24, 2.45) is 0 Å². The summed E-state index contributed by atoms with van der Waals surface area (Å²) >= 11 is 0. The van der Waals surface area contributed by atoms with Gasteiger partial charge < -0.3 is 5.11 Å². The number of hydrogen-bond donors (Lipinski definition) is 1. The van der Waals surface area contributed by atoms with Crippen molar-refractivity contribution in [1.29, 1.82) is 0 Å².